The predicted molar refractivity (Wildman–Crippen MR) is 122 cm³/mol. The second-order valence-electron chi connectivity index (χ2n) is 7.22. The molecule has 0 aliphatic carbocycles. The quantitative estimate of drug-likeness (QED) is 0.239. The molecule has 0 unspecified atom stereocenters. The highest BCUT2D eigenvalue weighted by atomic mass is 19.4. The SMILES string of the molecule is OCCCCCNc1ccc(N=Nc2ccc(N=Nc3ccc(C(F)(F)F)cc3)cc2)cc1. The van der Waals surface area contributed by atoms with Gasteiger partial charge in [-0.2, -0.15) is 33.6 Å². The standard InChI is InChI=1S/C24H24F3N5O/c25-24(26,27)18-4-6-20(7-5-18)29-31-22-12-14-23(15-13-22)32-30-21-10-8-19(9-11-21)28-16-2-1-3-17-33/h4-15,28,33H,1-3,16-17H2. The summed E-state index contributed by atoms with van der Waals surface area (Å²) >= 11 is 0. The molecule has 0 bridgehead atoms. The Morgan fingerprint density at radius 3 is 1.45 bits per heavy atom. The fourth-order valence-electron chi connectivity index (χ4n) is 2.83. The average Bonchev–Trinajstić information content (AvgIpc) is 2.82. The molecule has 3 aromatic rings. The molecule has 0 saturated heterocycles. The van der Waals surface area contributed by atoms with Gasteiger partial charge in [-0.15, -0.1) is 0 Å². The minimum absolute atomic E-state index is 0.231. The van der Waals surface area contributed by atoms with Gasteiger partial charge in [0.1, 0.15) is 0 Å². The highest BCUT2D eigenvalue weighted by Gasteiger charge is 2.29. The summed E-state index contributed by atoms with van der Waals surface area (Å²) in [6, 6.07) is 18.9. The van der Waals surface area contributed by atoms with Crippen molar-refractivity contribution in [1.82, 2.24) is 0 Å². The van der Waals surface area contributed by atoms with E-state index in [-0.39, 0.29) is 6.61 Å². The van der Waals surface area contributed by atoms with Crippen molar-refractivity contribution in [2.45, 2.75) is 25.4 Å². The second-order valence-corrected chi connectivity index (χ2v) is 7.22. The first-order valence-electron chi connectivity index (χ1n) is 10.5. The van der Waals surface area contributed by atoms with Crippen molar-refractivity contribution in [2.24, 2.45) is 20.5 Å². The number of rotatable bonds is 10. The number of halogens is 3. The summed E-state index contributed by atoms with van der Waals surface area (Å²) in [5.74, 6) is 0. The van der Waals surface area contributed by atoms with Crippen LogP contribution in [0.25, 0.3) is 0 Å². The van der Waals surface area contributed by atoms with Crippen molar-refractivity contribution < 1.29 is 18.3 Å². The highest BCUT2D eigenvalue weighted by molar-refractivity contribution is 5.52. The van der Waals surface area contributed by atoms with Crippen molar-refractivity contribution >= 4 is 28.4 Å². The van der Waals surface area contributed by atoms with Crippen molar-refractivity contribution in [3.05, 3.63) is 78.4 Å². The van der Waals surface area contributed by atoms with Gasteiger partial charge in [0.25, 0.3) is 0 Å². The average molecular weight is 455 g/mol. The summed E-state index contributed by atoms with van der Waals surface area (Å²) in [5, 5.41) is 28.5. The van der Waals surface area contributed by atoms with Crippen LogP contribution in [0, 0.1) is 0 Å². The first kappa shape index (κ1) is 24.1. The van der Waals surface area contributed by atoms with E-state index in [0.29, 0.717) is 22.7 Å². The van der Waals surface area contributed by atoms with Crippen LogP contribution in [-0.4, -0.2) is 18.3 Å². The molecular weight excluding hydrogens is 431 g/mol. The lowest BCUT2D eigenvalue weighted by Gasteiger charge is -2.05. The summed E-state index contributed by atoms with van der Waals surface area (Å²) in [6.45, 7) is 1.08. The largest absolute Gasteiger partial charge is 0.416 e. The van der Waals surface area contributed by atoms with Gasteiger partial charge < -0.3 is 10.4 Å². The summed E-state index contributed by atoms with van der Waals surface area (Å²) in [6.07, 6.45) is -1.56. The van der Waals surface area contributed by atoms with E-state index >= 15 is 0 Å². The number of anilines is 1. The number of benzene rings is 3. The van der Waals surface area contributed by atoms with Crippen LogP contribution in [0.2, 0.25) is 0 Å². The summed E-state index contributed by atoms with van der Waals surface area (Å²) in [5.41, 5.74) is 2.50. The van der Waals surface area contributed by atoms with E-state index in [0.717, 1.165) is 43.6 Å². The maximum absolute atomic E-state index is 12.6. The van der Waals surface area contributed by atoms with E-state index in [1.54, 1.807) is 24.3 Å². The number of nitrogens with one attached hydrogen (secondary N) is 1. The molecule has 2 N–H and O–H groups in total. The molecule has 0 saturated carbocycles. The number of hydrogen-bond acceptors (Lipinski definition) is 6. The molecule has 3 rings (SSSR count). The Bertz CT molecular complexity index is 1050. The first-order valence-corrected chi connectivity index (χ1v) is 10.5. The lowest BCUT2D eigenvalue weighted by Crippen LogP contribution is -2.03. The van der Waals surface area contributed by atoms with Gasteiger partial charge in [0.05, 0.1) is 28.3 Å². The molecule has 3 aromatic carbocycles. The van der Waals surface area contributed by atoms with Crippen LogP contribution in [0.3, 0.4) is 0 Å². The third-order valence-corrected chi connectivity index (χ3v) is 4.64. The molecule has 172 valence electrons. The number of alkyl halides is 3. The monoisotopic (exact) mass is 455 g/mol. The van der Waals surface area contributed by atoms with E-state index in [9.17, 15) is 13.2 Å². The molecular formula is C24H24F3N5O. The van der Waals surface area contributed by atoms with E-state index in [2.05, 4.69) is 25.8 Å². The molecule has 9 heteroatoms. The van der Waals surface area contributed by atoms with Gasteiger partial charge in [0.15, 0.2) is 0 Å². The summed E-state index contributed by atoms with van der Waals surface area (Å²) < 4.78 is 37.8. The number of hydrogen-bond donors (Lipinski definition) is 2. The second kappa shape index (κ2) is 11.9. The van der Waals surface area contributed by atoms with Crippen molar-refractivity contribution in [3.63, 3.8) is 0 Å². The fourth-order valence-corrected chi connectivity index (χ4v) is 2.83. The van der Waals surface area contributed by atoms with Crippen LogP contribution in [0.5, 0.6) is 0 Å². The fraction of sp³-hybridized carbons (Fsp3) is 0.250. The van der Waals surface area contributed by atoms with Crippen molar-refractivity contribution in [3.8, 4) is 0 Å². The Morgan fingerprint density at radius 1 is 0.606 bits per heavy atom. The zero-order chi connectivity index (χ0) is 23.5. The Balaban J connectivity index is 1.51. The molecule has 0 aliphatic heterocycles. The minimum Gasteiger partial charge on any atom is -0.396 e. The van der Waals surface area contributed by atoms with Crippen LogP contribution in [0.15, 0.2) is 93.3 Å². The Kier molecular flexibility index (Phi) is 8.65. The number of nitrogens with zero attached hydrogens (tertiary/aromatic N) is 4. The summed E-state index contributed by atoms with van der Waals surface area (Å²) in [4.78, 5) is 0. The maximum Gasteiger partial charge on any atom is 0.416 e. The van der Waals surface area contributed by atoms with Crippen molar-refractivity contribution in [2.75, 3.05) is 18.5 Å². The molecule has 0 amide bonds. The van der Waals surface area contributed by atoms with Crippen LogP contribution < -0.4 is 5.32 Å². The van der Waals surface area contributed by atoms with E-state index in [4.69, 9.17) is 5.11 Å². The molecule has 0 aliphatic rings. The number of azo groups is 2. The minimum atomic E-state index is -4.38. The normalized spacial score (nSPS) is 12.0. The van der Waals surface area contributed by atoms with Gasteiger partial charge in [-0.05, 0) is 92.1 Å². The van der Waals surface area contributed by atoms with Gasteiger partial charge in [-0.1, -0.05) is 0 Å². The third-order valence-electron chi connectivity index (χ3n) is 4.64. The lowest BCUT2D eigenvalue weighted by molar-refractivity contribution is -0.137. The zero-order valence-electron chi connectivity index (χ0n) is 17.8. The van der Waals surface area contributed by atoms with Crippen LogP contribution >= 0.6 is 0 Å². The van der Waals surface area contributed by atoms with Gasteiger partial charge in [-0.3, -0.25) is 0 Å². The molecule has 33 heavy (non-hydrogen) atoms. The van der Waals surface area contributed by atoms with Crippen LogP contribution in [-0.2, 0) is 6.18 Å². The summed E-state index contributed by atoms with van der Waals surface area (Å²) in [7, 11) is 0. The van der Waals surface area contributed by atoms with E-state index in [1.807, 2.05) is 24.3 Å². The number of unbranched alkanes of at least 4 members (excludes halogenated alkanes) is 2. The lowest BCUT2D eigenvalue weighted by atomic mass is 10.2. The third kappa shape index (κ3) is 8.12. The molecule has 0 radical (unpaired) electrons. The van der Waals surface area contributed by atoms with Crippen LogP contribution in [0.1, 0.15) is 24.8 Å². The predicted octanol–water partition coefficient (Wildman–Crippen LogP) is 8.11. The molecule has 0 aromatic heterocycles. The van der Waals surface area contributed by atoms with Gasteiger partial charge in [0, 0.05) is 18.8 Å². The smallest absolute Gasteiger partial charge is 0.396 e. The Morgan fingerprint density at radius 2 is 1.03 bits per heavy atom. The van der Waals surface area contributed by atoms with Crippen molar-refractivity contribution in [1.29, 1.82) is 0 Å². The number of aliphatic hydroxyl groups excluding tert-OH is 1. The Labute approximate surface area is 189 Å². The maximum atomic E-state index is 12.6. The molecule has 0 fully saturated rings. The van der Waals surface area contributed by atoms with Crippen LogP contribution in [0.4, 0.5) is 41.6 Å². The van der Waals surface area contributed by atoms with Gasteiger partial charge in [0.2, 0.25) is 0 Å². The molecule has 0 atom stereocenters. The molecule has 0 heterocycles. The first-order chi connectivity index (χ1) is 15.9. The Hall–Kier alpha value is -3.59. The zero-order valence-corrected chi connectivity index (χ0v) is 17.8. The topological polar surface area (TPSA) is 81.7 Å². The number of aliphatic hydroxyl groups is 1. The van der Waals surface area contributed by atoms with Gasteiger partial charge >= 0.3 is 6.18 Å². The molecule has 6 nitrogen and oxygen atoms in total. The van der Waals surface area contributed by atoms with Gasteiger partial charge in [-0.25, -0.2) is 0 Å². The van der Waals surface area contributed by atoms with E-state index in [1.165, 1.54) is 12.1 Å². The highest BCUT2D eigenvalue weighted by Crippen LogP contribution is 2.31. The van der Waals surface area contributed by atoms with E-state index < -0.39 is 11.7 Å². The molecule has 0 spiro atoms.